The second-order valence-electron chi connectivity index (χ2n) is 6.55. The monoisotopic (exact) mass is 292 g/mol. The van der Waals surface area contributed by atoms with E-state index in [0.29, 0.717) is 23.7 Å². The third kappa shape index (κ3) is 2.02. The lowest BCUT2D eigenvalue weighted by Gasteiger charge is -2.36. The topological polar surface area (TPSA) is 87.1 Å². The van der Waals surface area contributed by atoms with Crippen molar-refractivity contribution in [2.75, 3.05) is 0 Å². The van der Waals surface area contributed by atoms with Crippen LogP contribution in [0.5, 0.6) is 0 Å². The molecule has 6 unspecified atom stereocenters. The molecule has 0 aromatic carbocycles. The fourth-order valence-electron chi connectivity index (χ4n) is 5.00. The Labute approximate surface area is 123 Å². The molecule has 3 aliphatic carbocycles. The number of epoxide rings is 1. The Bertz CT molecular complexity index is 525. The average Bonchev–Trinajstić information content (AvgIpc) is 2.85. The van der Waals surface area contributed by atoms with Crippen LogP contribution in [0.1, 0.15) is 25.7 Å². The molecule has 5 heteroatoms. The molecule has 6 atom stereocenters. The highest BCUT2D eigenvalue weighted by atomic mass is 16.6. The van der Waals surface area contributed by atoms with Crippen LogP contribution in [-0.4, -0.2) is 34.4 Å². The van der Waals surface area contributed by atoms with E-state index >= 15 is 0 Å². The third-order valence-corrected chi connectivity index (χ3v) is 5.81. The average molecular weight is 292 g/mol. The van der Waals surface area contributed by atoms with Crippen molar-refractivity contribution < 1.29 is 24.5 Å². The molecule has 1 heterocycles. The summed E-state index contributed by atoms with van der Waals surface area (Å²) in [6.07, 6.45) is 6.11. The van der Waals surface area contributed by atoms with Crippen molar-refractivity contribution in [1.82, 2.24) is 0 Å². The zero-order chi connectivity index (χ0) is 15.4. The SMILES string of the molecule is C=C(C(=O)O)C12CCC(C1)C1CC3OC3C12.C=CC(=O)O. The molecule has 0 amide bonds. The molecule has 4 aliphatic rings. The van der Waals surface area contributed by atoms with Gasteiger partial charge in [-0.25, -0.2) is 9.59 Å². The van der Waals surface area contributed by atoms with E-state index in [4.69, 9.17) is 9.84 Å². The summed E-state index contributed by atoms with van der Waals surface area (Å²) in [5, 5.41) is 16.8. The Morgan fingerprint density at radius 3 is 2.57 bits per heavy atom. The minimum Gasteiger partial charge on any atom is -0.478 e. The summed E-state index contributed by atoms with van der Waals surface area (Å²) in [5.41, 5.74) is 0.343. The van der Waals surface area contributed by atoms with Gasteiger partial charge < -0.3 is 14.9 Å². The van der Waals surface area contributed by atoms with Gasteiger partial charge in [-0.05, 0) is 37.5 Å². The first kappa shape index (κ1) is 14.3. The summed E-state index contributed by atoms with van der Waals surface area (Å²) < 4.78 is 5.64. The molecule has 0 spiro atoms. The number of hydrogen-bond acceptors (Lipinski definition) is 3. The number of hydrogen-bond donors (Lipinski definition) is 2. The molecule has 21 heavy (non-hydrogen) atoms. The predicted molar refractivity (Wildman–Crippen MR) is 74.6 cm³/mol. The van der Waals surface area contributed by atoms with Crippen LogP contribution in [0.4, 0.5) is 0 Å². The van der Waals surface area contributed by atoms with E-state index in [0.717, 1.165) is 30.8 Å². The molecule has 0 radical (unpaired) electrons. The van der Waals surface area contributed by atoms with Gasteiger partial charge in [0.05, 0.1) is 12.2 Å². The molecule has 2 bridgehead atoms. The molecule has 2 N–H and O–H groups in total. The van der Waals surface area contributed by atoms with Crippen LogP contribution in [0.2, 0.25) is 0 Å². The maximum atomic E-state index is 11.2. The first-order chi connectivity index (χ1) is 9.90. The standard InChI is InChI=1S/C13H16O3.C3H4O2/c1-6(12(14)15)13-3-2-7(5-13)8-4-9-11(16-9)10(8)13;1-2-3(4)5/h7-11H,1-5H2,(H,14,15);2H,1H2,(H,4,5). The number of rotatable bonds is 3. The van der Waals surface area contributed by atoms with Gasteiger partial charge in [-0.2, -0.15) is 0 Å². The van der Waals surface area contributed by atoms with Crippen molar-refractivity contribution in [2.24, 2.45) is 23.2 Å². The van der Waals surface area contributed by atoms with Crippen LogP contribution < -0.4 is 0 Å². The van der Waals surface area contributed by atoms with Gasteiger partial charge in [0, 0.05) is 23.0 Å². The molecule has 1 aliphatic heterocycles. The van der Waals surface area contributed by atoms with Crippen LogP contribution >= 0.6 is 0 Å². The Kier molecular flexibility index (Phi) is 3.20. The molecule has 0 aromatic heterocycles. The fraction of sp³-hybridized carbons (Fsp3) is 0.625. The fourth-order valence-corrected chi connectivity index (χ4v) is 5.00. The van der Waals surface area contributed by atoms with Gasteiger partial charge in [0.2, 0.25) is 0 Å². The van der Waals surface area contributed by atoms with E-state index in [1.807, 2.05) is 0 Å². The number of carbonyl (C=O) groups is 2. The van der Waals surface area contributed by atoms with Gasteiger partial charge in [-0.3, -0.25) is 0 Å². The van der Waals surface area contributed by atoms with Crippen LogP contribution in [0.3, 0.4) is 0 Å². The number of carboxylic acids is 2. The summed E-state index contributed by atoms with van der Waals surface area (Å²) in [6.45, 7) is 6.82. The Balaban J connectivity index is 0.000000233. The van der Waals surface area contributed by atoms with E-state index in [9.17, 15) is 14.7 Å². The zero-order valence-electron chi connectivity index (χ0n) is 11.8. The van der Waals surface area contributed by atoms with Crippen molar-refractivity contribution in [3.8, 4) is 0 Å². The lowest BCUT2D eigenvalue weighted by molar-refractivity contribution is -0.134. The summed E-state index contributed by atoms with van der Waals surface area (Å²) in [5.74, 6) is 0.168. The maximum absolute atomic E-state index is 11.2. The van der Waals surface area contributed by atoms with E-state index in [1.54, 1.807) is 0 Å². The van der Waals surface area contributed by atoms with Crippen molar-refractivity contribution in [1.29, 1.82) is 0 Å². The number of carboxylic acid groups (broad SMARTS) is 2. The van der Waals surface area contributed by atoms with E-state index < -0.39 is 11.9 Å². The Morgan fingerprint density at radius 2 is 2.00 bits per heavy atom. The smallest absolute Gasteiger partial charge is 0.331 e. The van der Waals surface area contributed by atoms with Gasteiger partial charge >= 0.3 is 11.9 Å². The summed E-state index contributed by atoms with van der Waals surface area (Å²) in [4.78, 5) is 20.5. The number of ether oxygens (including phenoxy) is 1. The summed E-state index contributed by atoms with van der Waals surface area (Å²) in [6, 6.07) is 0. The summed E-state index contributed by atoms with van der Waals surface area (Å²) >= 11 is 0. The largest absolute Gasteiger partial charge is 0.478 e. The summed E-state index contributed by atoms with van der Waals surface area (Å²) in [7, 11) is 0. The van der Waals surface area contributed by atoms with Gasteiger partial charge in [-0.1, -0.05) is 13.2 Å². The first-order valence-corrected chi connectivity index (χ1v) is 7.34. The molecule has 0 aromatic rings. The molecular weight excluding hydrogens is 272 g/mol. The van der Waals surface area contributed by atoms with Crippen LogP contribution in [0.25, 0.3) is 0 Å². The maximum Gasteiger partial charge on any atom is 0.331 e. The van der Waals surface area contributed by atoms with Crippen molar-refractivity contribution in [3.05, 3.63) is 24.8 Å². The Morgan fingerprint density at radius 1 is 1.33 bits per heavy atom. The van der Waals surface area contributed by atoms with Crippen molar-refractivity contribution >= 4 is 11.9 Å². The lowest BCUT2D eigenvalue weighted by atomic mass is 9.67. The molecule has 1 saturated heterocycles. The normalized spacial score (nSPS) is 44.1. The minimum atomic E-state index is -0.981. The van der Waals surface area contributed by atoms with E-state index in [1.165, 1.54) is 12.8 Å². The first-order valence-electron chi connectivity index (χ1n) is 7.34. The molecule has 5 nitrogen and oxygen atoms in total. The number of fused-ring (bicyclic) bond motifs is 7. The minimum absolute atomic E-state index is 0.114. The van der Waals surface area contributed by atoms with E-state index in [2.05, 4.69) is 13.2 Å². The molecule has 4 fully saturated rings. The lowest BCUT2D eigenvalue weighted by Crippen LogP contribution is -2.35. The van der Waals surface area contributed by atoms with E-state index in [-0.39, 0.29) is 5.41 Å². The molecule has 4 rings (SSSR count). The van der Waals surface area contributed by atoms with Gasteiger partial charge in [-0.15, -0.1) is 0 Å². The van der Waals surface area contributed by atoms with Crippen molar-refractivity contribution in [3.63, 3.8) is 0 Å². The molecule has 3 saturated carbocycles. The highest BCUT2D eigenvalue weighted by Crippen LogP contribution is 2.71. The zero-order valence-corrected chi connectivity index (χ0v) is 11.8. The second kappa shape index (κ2) is 4.70. The molecular formula is C16H20O5. The van der Waals surface area contributed by atoms with Crippen LogP contribution in [-0.2, 0) is 14.3 Å². The van der Waals surface area contributed by atoms with Crippen molar-refractivity contribution in [2.45, 2.75) is 37.9 Å². The quantitative estimate of drug-likeness (QED) is 0.614. The van der Waals surface area contributed by atoms with Crippen LogP contribution in [0.15, 0.2) is 24.8 Å². The Hall–Kier alpha value is -1.62. The number of aliphatic carboxylic acids is 2. The van der Waals surface area contributed by atoms with Crippen LogP contribution in [0, 0.1) is 23.2 Å². The third-order valence-electron chi connectivity index (χ3n) is 5.81. The highest BCUT2D eigenvalue weighted by molar-refractivity contribution is 5.88. The van der Waals surface area contributed by atoms with Gasteiger partial charge in [0.25, 0.3) is 0 Å². The van der Waals surface area contributed by atoms with Gasteiger partial charge in [0.15, 0.2) is 0 Å². The van der Waals surface area contributed by atoms with Gasteiger partial charge in [0.1, 0.15) is 0 Å². The second-order valence-corrected chi connectivity index (χ2v) is 6.55. The molecule has 114 valence electrons. The highest BCUT2D eigenvalue weighted by Gasteiger charge is 2.71. The predicted octanol–water partition coefficient (Wildman–Crippen LogP) is 2.09.